The first-order valence-corrected chi connectivity index (χ1v) is 25.4. The van der Waals surface area contributed by atoms with Crippen LogP contribution in [0.15, 0.2) is 35.9 Å². The number of alkyl carbamates (subject to hydrolysis) is 1. The van der Waals surface area contributed by atoms with E-state index in [1.54, 1.807) is 38.3 Å². The number of methoxy groups -OCH3 is 2. The maximum atomic E-state index is 14.2. The van der Waals surface area contributed by atoms with Crippen LogP contribution in [0.5, 0.6) is 5.75 Å². The number of carbonyl (C=O) groups excluding carboxylic acids is 8. The summed E-state index contributed by atoms with van der Waals surface area (Å²) < 4.78 is 35.1. The zero-order chi connectivity index (χ0) is 51.4. The number of imide groups is 2. The number of thioether (sulfide) groups is 1. The van der Waals surface area contributed by atoms with E-state index in [4.69, 9.17) is 44.9 Å². The lowest BCUT2D eigenvalue weighted by Gasteiger charge is -2.53. The summed E-state index contributed by atoms with van der Waals surface area (Å²) in [5.74, 6) is -3.15. The third kappa shape index (κ3) is 12.4. The average Bonchev–Trinajstić information content (AvgIpc) is 3.78. The fourth-order valence-electron chi connectivity index (χ4n) is 9.85. The van der Waals surface area contributed by atoms with Crippen LogP contribution >= 0.6 is 23.4 Å². The molecule has 0 aromatic heterocycles. The minimum atomic E-state index is -1.87. The van der Waals surface area contributed by atoms with Crippen LogP contribution in [0.25, 0.3) is 0 Å². The third-order valence-electron chi connectivity index (χ3n) is 14.1. The highest BCUT2D eigenvalue weighted by atomic mass is 35.5. The summed E-state index contributed by atoms with van der Waals surface area (Å²) in [5.41, 5.74) is -1.06. The van der Waals surface area contributed by atoms with Crippen molar-refractivity contribution in [2.75, 3.05) is 45.1 Å². The Bertz CT molecular complexity index is 2300. The average molecular weight is 1030 g/mol. The van der Waals surface area contributed by atoms with Gasteiger partial charge in [-0.05, 0) is 88.7 Å². The van der Waals surface area contributed by atoms with Crippen molar-refractivity contribution in [3.63, 3.8) is 0 Å². The molecule has 1 aliphatic carbocycles. The van der Waals surface area contributed by atoms with Crippen LogP contribution in [0.4, 0.5) is 10.5 Å². The van der Waals surface area contributed by atoms with Gasteiger partial charge >= 0.3 is 18.0 Å². The summed E-state index contributed by atoms with van der Waals surface area (Å²) in [6.45, 7) is 5.47. The number of amides is 6. The molecule has 1 aromatic carbocycles. The highest BCUT2D eigenvalue weighted by molar-refractivity contribution is 8.00. The van der Waals surface area contributed by atoms with Crippen molar-refractivity contribution in [3.05, 3.63) is 46.5 Å². The Morgan fingerprint density at radius 1 is 0.986 bits per heavy atom. The number of benzene rings is 1. The normalized spacial score (nSPS) is 32.1. The van der Waals surface area contributed by atoms with E-state index in [1.165, 1.54) is 42.7 Å². The van der Waals surface area contributed by atoms with E-state index >= 15 is 0 Å². The Hall–Kier alpha value is -5.06. The number of halogens is 1. The van der Waals surface area contributed by atoms with E-state index in [0.29, 0.717) is 60.8 Å². The van der Waals surface area contributed by atoms with E-state index in [-0.39, 0.29) is 74.4 Å². The van der Waals surface area contributed by atoms with Gasteiger partial charge in [-0.15, -0.1) is 16.8 Å². The number of hydrogen-bond donors (Lipinski definition) is 2. The van der Waals surface area contributed by atoms with Gasteiger partial charge in [0.2, 0.25) is 17.7 Å². The molecule has 6 aliphatic heterocycles. The number of aliphatic hydroxyl groups is 1. The van der Waals surface area contributed by atoms with Gasteiger partial charge in [-0.25, -0.2) is 14.4 Å². The largest absolute Gasteiger partial charge is 0.495 e. The summed E-state index contributed by atoms with van der Waals surface area (Å²) in [6.07, 6.45) is 2.14. The van der Waals surface area contributed by atoms with Gasteiger partial charge in [0.25, 0.3) is 11.8 Å². The molecule has 4 saturated heterocycles. The van der Waals surface area contributed by atoms with Gasteiger partial charge in [0.15, 0.2) is 11.8 Å². The van der Waals surface area contributed by atoms with E-state index in [1.807, 2.05) is 13.0 Å². The zero-order valence-electron chi connectivity index (χ0n) is 40.8. The zero-order valence-corrected chi connectivity index (χ0v) is 42.4. The second-order valence-electron chi connectivity index (χ2n) is 19.3. The molecule has 20 nitrogen and oxygen atoms in total. The van der Waals surface area contributed by atoms with Gasteiger partial charge in [0.1, 0.15) is 34.7 Å². The van der Waals surface area contributed by atoms with Crippen LogP contribution in [-0.2, 0) is 68.5 Å². The standard InChI is InChI=1S/C49H63ClN4O16S/c1-27-9-7-10-37(65-6)49(63)25-34(67-47(62)51-49)35-24-48(3,69-35)38(23-41(57)52(4)32-20-30(19-27)21-33(64-5)43(32)50)68-45(60)28(2)66-17-8-18-71-36-22-42(58)53(44(36)59)26-29-11-13-31(14-12-29)46(61)70-54-39(55)15-16-40(54)56/h7,9-10,20-21,28-29,31,34-38,63H,8,11-19,22-26H2,1-6H3,(H,51,62)/b10-7+,27-9+/t28-,29?,31?,34+,35-,36?,37-,38+,48-,49+/m1/s1. The van der Waals surface area contributed by atoms with E-state index < -0.39 is 88.8 Å². The summed E-state index contributed by atoms with van der Waals surface area (Å²) in [4.78, 5) is 111. The molecule has 6 amide bonds. The molecule has 6 heterocycles. The lowest BCUT2D eigenvalue weighted by molar-refractivity contribution is -0.281. The predicted octanol–water partition coefficient (Wildman–Crippen LogP) is 4.49. The molecule has 7 aliphatic rings. The first kappa shape index (κ1) is 53.7. The molecule has 5 fully saturated rings. The Morgan fingerprint density at radius 3 is 2.37 bits per heavy atom. The molecule has 0 spiro atoms. The highest BCUT2D eigenvalue weighted by Crippen LogP contribution is 2.44. The quantitative estimate of drug-likeness (QED) is 0.148. The number of nitrogens with one attached hydrogen (secondary N) is 1. The summed E-state index contributed by atoms with van der Waals surface area (Å²) >= 11 is 8.12. The molecular formula is C49H63ClN4O16S. The van der Waals surface area contributed by atoms with Crippen molar-refractivity contribution in [1.29, 1.82) is 0 Å². The number of hydroxylamine groups is 2. The number of carbonyl (C=O) groups is 8. The van der Waals surface area contributed by atoms with Gasteiger partial charge < -0.3 is 43.3 Å². The number of hydrogen-bond acceptors (Lipinski definition) is 17. The van der Waals surface area contributed by atoms with Crippen molar-refractivity contribution in [1.82, 2.24) is 15.3 Å². The molecule has 8 rings (SSSR count). The molecule has 8 atom stereocenters. The van der Waals surface area contributed by atoms with Gasteiger partial charge in [0.05, 0.1) is 36.5 Å². The third-order valence-corrected chi connectivity index (χ3v) is 15.7. The summed E-state index contributed by atoms with van der Waals surface area (Å²) in [5, 5.41) is 14.4. The molecule has 0 radical (unpaired) electrons. The number of ether oxygens (including phenoxy) is 6. The van der Waals surface area contributed by atoms with Crippen LogP contribution in [0.3, 0.4) is 0 Å². The predicted molar refractivity (Wildman–Crippen MR) is 254 cm³/mol. The summed E-state index contributed by atoms with van der Waals surface area (Å²) in [7, 11) is 4.45. The first-order valence-electron chi connectivity index (χ1n) is 24.0. The Balaban J connectivity index is 0.938. The number of nitrogens with zero attached hydrogens (tertiary/aromatic N) is 3. The Kier molecular flexibility index (Phi) is 17.2. The van der Waals surface area contributed by atoms with Gasteiger partial charge in [-0.2, -0.15) is 0 Å². The van der Waals surface area contributed by atoms with Crippen LogP contribution in [0, 0.1) is 11.8 Å². The first-order chi connectivity index (χ1) is 33.7. The molecule has 1 unspecified atom stereocenters. The van der Waals surface area contributed by atoms with Crippen LogP contribution in [0.1, 0.15) is 97.0 Å². The van der Waals surface area contributed by atoms with Crippen molar-refractivity contribution >= 4 is 76.6 Å². The fraction of sp³-hybridized carbons (Fsp3) is 0.633. The van der Waals surface area contributed by atoms with Crippen molar-refractivity contribution in [3.8, 4) is 5.75 Å². The lowest BCUT2D eigenvalue weighted by atomic mass is 9.79. The number of esters is 1. The van der Waals surface area contributed by atoms with Crippen molar-refractivity contribution in [2.24, 2.45) is 11.8 Å². The molecule has 2 N–H and O–H groups in total. The molecule has 1 aromatic rings. The molecule has 71 heavy (non-hydrogen) atoms. The van der Waals surface area contributed by atoms with E-state index in [2.05, 4.69) is 5.32 Å². The van der Waals surface area contributed by atoms with Crippen LogP contribution in [-0.4, -0.2) is 150 Å². The molecule has 1 saturated carbocycles. The second kappa shape index (κ2) is 22.8. The van der Waals surface area contributed by atoms with E-state index in [9.17, 15) is 43.5 Å². The Labute approximate surface area is 421 Å². The maximum absolute atomic E-state index is 14.2. The van der Waals surface area contributed by atoms with Crippen molar-refractivity contribution in [2.45, 2.75) is 145 Å². The SMILES string of the molecule is COc1cc2cc(c1Cl)N(C)C(=O)C[C@H](OC(=O)[C@@H](C)OCCCSC1CC(=O)N(CC3CCC(C(=O)ON4C(=O)CCC4=O)CC3)C1=O)[C@@]1(C)C[C@@H](O1)[C@@H]1C[C@@](O)(NC(=O)O1)[C@H](OC)/C=C/C=C(\C)C2. The van der Waals surface area contributed by atoms with Crippen LogP contribution in [0.2, 0.25) is 5.02 Å². The minimum absolute atomic E-state index is 0.00304. The number of fused-ring (bicyclic) bond motifs is 6. The number of likely N-dealkylation sites (tertiary alicyclic amines) is 1. The Morgan fingerprint density at radius 2 is 1.69 bits per heavy atom. The van der Waals surface area contributed by atoms with Crippen LogP contribution < -0.4 is 15.0 Å². The van der Waals surface area contributed by atoms with Crippen molar-refractivity contribution < 1.29 is 76.7 Å². The number of rotatable bonds is 14. The second-order valence-corrected chi connectivity index (χ2v) is 21.0. The highest BCUT2D eigenvalue weighted by Gasteiger charge is 2.57. The molecular weight excluding hydrogens is 968 g/mol. The van der Waals surface area contributed by atoms with Gasteiger partial charge in [0, 0.05) is 59.4 Å². The van der Waals surface area contributed by atoms with E-state index in [0.717, 1.165) is 11.1 Å². The maximum Gasteiger partial charge on any atom is 0.409 e. The molecule has 6 bridgehead atoms. The monoisotopic (exact) mass is 1030 g/mol. The minimum Gasteiger partial charge on any atom is -0.495 e. The number of allylic oxidation sites excluding steroid dienone is 3. The van der Waals surface area contributed by atoms with Gasteiger partial charge in [-0.3, -0.25) is 34.2 Å². The van der Waals surface area contributed by atoms with Gasteiger partial charge in [-0.1, -0.05) is 35.4 Å². The topological polar surface area (TPSA) is 243 Å². The molecule has 22 heteroatoms. The smallest absolute Gasteiger partial charge is 0.409 e. The number of anilines is 1. The summed E-state index contributed by atoms with van der Waals surface area (Å²) in [6, 6.07) is 3.55. The molecule has 388 valence electrons. The lowest BCUT2D eigenvalue weighted by Crippen LogP contribution is -2.68. The fourth-order valence-corrected chi connectivity index (χ4v) is 11.3.